The molecule has 0 aliphatic carbocycles. The summed E-state index contributed by atoms with van der Waals surface area (Å²) >= 11 is 0. The molecule has 0 radical (unpaired) electrons. The number of aliphatic carboxylic acids is 1. The molecule has 0 aromatic carbocycles. The number of hydrogen-bond acceptors (Lipinski definition) is 5. The van der Waals surface area contributed by atoms with Crippen molar-refractivity contribution in [3.05, 3.63) is 0 Å². The van der Waals surface area contributed by atoms with E-state index in [-0.39, 0.29) is 31.0 Å². The summed E-state index contributed by atoms with van der Waals surface area (Å²) in [7, 11) is -4.67. The first kappa shape index (κ1) is 18.9. The molecule has 0 aliphatic rings. The summed E-state index contributed by atoms with van der Waals surface area (Å²) in [5.74, 6) is -1.40. The van der Waals surface area contributed by atoms with E-state index in [1.54, 1.807) is 0 Å². The first-order valence-corrected chi connectivity index (χ1v) is 3.79. The van der Waals surface area contributed by atoms with Crippen LogP contribution in [0.3, 0.4) is 0 Å². The maximum absolute atomic E-state index is 9.52. The Morgan fingerprint density at radius 2 is 1.62 bits per heavy atom. The summed E-state index contributed by atoms with van der Waals surface area (Å²) in [5, 5.41) is 23.7. The largest absolute Gasteiger partial charge is 1.00 e. The molecule has 0 rings (SSSR count). The fourth-order valence-electron chi connectivity index (χ4n) is 0.0781. The number of aliphatic hydroxyl groups excluding tert-OH is 2. The van der Waals surface area contributed by atoms with Crippen LogP contribution >= 0.6 is 0 Å². The monoisotopic (exact) mass is 228 g/mol. The second-order valence-electron chi connectivity index (χ2n) is 1.48. The number of carboxylic acids is 1. The Morgan fingerprint density at radius 3 is 1.62 bits per heavy atom. The van der Waals surface area contributed by atoms with Gasteiger partial charge in [0.1, 0.15) is 0 Å². The Kier molecular flexibility index (Phi) is 12.9. The molecule has 0 aromatic rings. The second-order valence-corrected chi connectivity index (χ2v) is 2.38. The van der Waals surface area contributed by atoms with Crippen molar-refractivity contribution in [2.75, 3.05) is 6.61 Å². The molecule has 1 atom stereocenters. The molecular formula is C3H9NaO8S. The van der Waals surface area contributed by atoms with Crippen molar-refractivity contribution in [1.29, 1.82) is 0 Å². The van der Waals surface area contributed by atoms with Crippen LogP contribution in [0, 0.1) is 0 Å². The average Bonchev–Trinajstić information content (AvgIpc) is 1.82. The van der Waals surface area contributed by atoms with Crippen molar-refractivity contribution in [3.8, 4) is 0 Å². The number of hydrogen-bond donors (Lipinski definition) is 5. The maximum Gasteiger partial charge on any atom is 1.00 e. The third kappa shape index (κ3) is 32.9. The average molecular weight is 228 g/mol. The molecule has 0 heterocycles. The quantitative estimate of drug-likeness (QED) is 0.232. The van der Waals surface area contributed by atoms with Crippen molar-refractivity contribution < 1.29 is 68.6 Å². The van der Waals surface area contributed by atoms with Gasteiger partial charge in [0.05, 0.1) is 6.61 Å². The molecule has 0 aliphatic heterocycles. The molecule has 1 unspecified atom stereocenters. The first-order valence-electron chi connectivity index (χ1n) is 2.40. The second kappa shape index (κ2) is 8.84. The van der Waals surface area contributed by atoms with E-state index in [2.05, 4.69) is 0 Å². The molecule has 0 saturated carbocycles. The zero-order chi connectivity index (χ0) is 10.4. The molecule has 5 N–H and O–H groups in total. The molecular weight excluding hydrogens is 219 g/mol. The van der Waals surface area contributed by atoms with E-state index in [9.17, 15) is 4.79 Å². The fourth-order valence-corrected chi connectivity index (χ4v) is 0.0781. The zero-order valence-corrected chi connectivity index (χ0v) is 9.47. The minimum absolute atomic E-state index is 0. The van der Waals surface area contributed by atoms with Gasteiger partial charge in [0.25, 0.3) is 0 Å². The third-order valence-corrected chi connectivity index (χ3v) is 0.458. The number of rotatable bonds is 2. The normalized spacial score (nSPS) is 11.7. The van der Waals surface area contributed by atoms with Gasteiger partial charge in [0, 0.05) is 0 Å². The summed E-state index contributed by atoms with van der Waals surface area (Å²) in [6.07, 6.45) is -1.63. The minimum Gasteiger partial charge on any atom is -1.00 e. The Bertz CT molecular complexity index is 219. The summed E-state index contributed by atoms with van der Waals surface area (Å²) in [6, 6.07) is 0. The van der Waals surface area contributed by atoms with Gasteiger partial charge in [-0.25, -0.2) is 4.79 Å². The van der Waals surface area contributed by atoms with Gasteiger partial charge in [-0.05, 0) is 0 Å². The van der Waals surface area contributed by atoms with E-state index in [0.29, 0.717) is 0 Å². The van der Waals surface area contributed by atoms with Crippen LogP contribution in [0.4, 0.5) is 0 Å². The van der Waals surface area contributed by atoms with E-state index in [0.717, 1.165) is 0 Å². The van der Waals surface area contributed by atoms with Crippen LogP contribution < -0.4 is 29.6 Å². The van der Waals surface area contributed by atoms with Gasteiger partial charge in [-0.15, -0.1) is 0 Å². The van der Waals surface area contributed by atoms with Crippen molar-refractivity contribution in [3.63, 3.8) is 0 Å². The van der Waals surface area contributed by atoms with Crippen LogP contribution in [-0.2, 0) is 15.2 Å². The van der Waals surface area contributed by atoms with E-state index in [4.69, 9.17) is 32.8 Å². The maximum atomic E-state index is 9.52. The minimum atomic E-state index is -4.67. The van der Waals surface area contributed by atoms with E-state index >= 15 is 0 Å². The summed E-state index contributed by atoms with van der Waals surface area (Å²) in [6.45, 7) is -0.727. The van der Waals surface area contributed by atoms with Crippen molar-refractivity contribution in [2.24, 2.45) is 0 Å². The number of carboxylic acid groups (broad SMARTS) is 1. The fraction of sp³-hybridized carbons (Fsp3) is 0.667. The molecule has 0 spiro atoms. The molecule has 8 nitrogen and oxygen atoms in total. The van der Waals surface area contributed by atoms with Crippen LogP contribution in [0.15, 0.2) is 0 Å². The number of aliphatic hydroxyl groups is 2. The summed E-state index contributed by atoms with van der Waals surface area (Å²) in [4.78, 5) is 9.52. The standard InChI is InChI=1S/C3H6O4.Na.H2O4S.H/c4-1-2(5)3(6)7;;1-5(2,3)4;/h2,4-5H,1H2,(H,6,7);;(H2,1,2,3,4);/q;+1;;-1. The van der Waals surface area contributed by atoms with E-state index in [1.165, 1.54) is 0 Å². The van der Waals surface area contributed by atoms with Crippen LogP contribution in [0.1, 0.15) is 1.43 Å². The predicted octanol–water partition coefficient (Wildman–Crippen LogP) is -5.11. The summed E-state index contributed by atoms with van der Waals surface area (Å²) in [5.41, 5.74) is 0. The Labute approximate surface area is 97.5 Å². The Hall–Kier alpha value is 0.260. The number of carbonyl (C=O) groups is 1. The third-order valence-electron chi connectivity index (χ3n) is 0.458. The molecule has 0 amide bonds. The molecule has 76 valence electrons. The van der Waals surface area contributed by atoms with Crippen LogP contribution in [0.5, 0.6) is 0 Å². The van der Waals surface area contributed by atoms with Crippen molar-refractivity contribution >= 4 is 16.4 Å². The predicted molar refractivity (Wildman–Crippen MR) is 36.0 cm³/mol. The Morgan fingerprint density at radius 1 is 1.38 bits per heavy atom. The van der Waals surface area contributed by atoms with Gasteiger partial charge in [-0.3, -0.25) is 9.11 Å². The van der Waals surface area contributed by atoms with Gasteiger partial charge in [0.15, 0.2) is 6.10 Å². The van der Waals surface area contributed by atoms with Gasteiger partial charge in [-0.2, -0.15) is 8.42 Å². The van der Waals surface area contributed by atoms with Crippen LogP contribution in [0.25, 0.3) is 0 Å². The SMILES string of the molecule is O=C(O)C(O)CO.O=S(=O)(O)O.[H-].[Na+]. The van der Waals surface area contributed by atoms with Crippen molar-refractivity contribution in [2.45, 2.75) is 6.10 Å². The van der Waals surface area contributed by atoms with Gasteiger partial charge in [0.2, 0.25) is 0 Å². The molecule has 0 saturated heterocycles. The Balaban J connectivity index is -0.0000000651. The first-order chi connectivity index (χ1) is 5.18. The van der Waals surface area contributed by atoms with Gasteiger partial charge in [-0.1, -0.05) is 0 Å². The molecule has 0 aromatic heterocycles. The molecule has 10 heteroatoms. The van der Waals surface area contributed by atoms with Gasteiger partial charge >= 0.3 is 45.9 Å². The van der Waals surface area contributed by atoms with Crippen molar-refractivity contribution in [1.82, 2.24) is 0 Å². The molecule has 0 bridgehead atoms. The smallest absolute Gasteiger partial charge is 1.00 e. The van der Waals surface area contributed by atoms with Gasteiger partial charge < -0.3 is 16.7 Å². The zero-order valence-electron chi connectivity index (χ0n) is 7.65. The molecule has 0 fully saturated rings. The van der Waals surface area contributed by atoms with E-state index in [1.807, 2.05) is 0 Å². The molecule has 13 heavy (non-hydrogen) atoms. The topological polar surface area (TPSA) is 152 Å². The van der Waals surface area contributed by atoms with Crippen LogP contribution in [-0.4, -0.2) is 51.5 Å². The van der Waals surface area contributed by atoms with E-state index < -0.39 is 29.1 Å². The van der Waals surface area contributed by atoms with Crippen LogP contribution in [0.2, 0.25) is 0 Å². The summed E-state index contributed by atoms with van der Waals surface area (Å²) < 4.78 is 31.6.